The van der Waals surface area contributed by atoms with Crippen molar-refractivity contribution in [1.29, 1.82) is 0 Å². The van der Waals surface area contributed by atoms with Gasteiger partial charge in [-0.3, -0.25) is 4.79 Å². The van der Waals surface area contributed by atoms with Gasteiger partial charge in [0.2, 0.25) is 11.7 Å². The van der Waals surface area contributed by atoms with Gasteiger partial charge in [-0.25, -0.2) is 9.78 Å². The second-order valence-electron chi connectivity index (χ2n) is 9.17. The molecule has 1 aliphatic carbocycles. The van der Waals surface area contributed by atoms with Crippen molar-refractivity contribution >= 4 is 5.91 Å². The number of rotatable bonds is 2. The first-order valence-electron chi connectivity index (χ1n) is 10.3. The van der Waals surface area contributed by atoms with E-state index >= 15 is 0 Å². The molecule has 4 heterocycles. The summed E-state index contributed by atoms with van der Waals surface area (Å²) in [6.45, 7) is 6.87. The summed E-state index contributed by atoms with van der Waals surface area (Å²) in [7, 11) is 0. The second kappa shape index (κ2) is 6.03. The minimum atomic E-state index is -0.784. The number of hydrogen-bond donors (Lipinski definition) is 0. The molecule has 1 aromatic carbocycles. The third kappa shape index (κ3) is 2.44. The number of carbonyl (C=O) groups excluding carboxylic acids is 1. The van der Waals surface area contributed by atoms with Gasteiger partial charge in [0.05, 0.1) is 0 Å². The van der Waals surface area contributed by atoms with Crippen LogP contribution in [-0.4, -0.2) is 28.4 Å². The highest BCUT2D eigenvalue weighted by Gasteiger charge is 2.70. The number of piperidine rings is 1. The van der Waals surface area contributed by atoms with Gasteiger partial charge in [0.1, 0.15) is 0 Å². The maximum atomic E-state index is 13.4. The fourth-order valence-electron chi connectivity index (χ4n) is 6.09. The monoisotopic (exact) mass is 371 g/mol. The Kier molecular flexibility index (Phi) is 3.94. The van der Waals surface area contributed by atoms with Gasteiger partial charge in [0.15, 0.2) is 11.8 Å². The summed E-state index contributed by atoms with van der Waals surface area (Å²) in [5, 5.41) is 0. The molecule has 2 bridgehead atoms. The summed E-state index contributed by atoms with van der Waals surface area (Å²) in [5.74, 6) is 0.329. The molecular formula is C22H29NO4. The van der Waals surface area contributed by atoms with E-state index in [4.69, 9.17) is 14.5 Å². The summed E-state index contributed by atoms with van der Waals surface area (Å²) >= 11 is 0. The minimum Gasteiger partial charge on any atom is -0.321 e. The van der Waals surface area contributed by atoms with Crippen LogP contribution in [0.2, 0.25) is 0 Å². The largest absolute Gasteiger partial charge is 0.321 e. The van der Waals surface area contributed by atoms with Gasteiger partial charge in [0.25, 0.3) is 0 Å². The lowest BCUT2D eigenvalue weighted by Crippen LogP contribution is -2.74. The van der Waals surface area contributed by atoms with E-state index in [0.717, 1.165) is 31.2 Å². The maximum absolute atomic E-state index is 13.4. The zero-order chi connectivity index (χ0) is 18.8. The number of hydrogen-bond acceptors (Lipinski definition) is 4. The lowest BCUT2D eigenvalue weighted by Gasteiger charge is -2.61. The topological polar surface area (TPSA) is 48.0 Å². The van der Waals surface area contributed by atoms with Crippen LogP contribution < -0.4 is 0 Å². The molecule has 146 valence electrons. The Labute approximate surface area is 160 Å². The Morgan fingerprint density at radius 1 is 1.07 bits per heavy atom. The van der Waals surface area contributed by atoms with Gasteiger partial charge < -0.3 is 9.64 Å². The quantitative estimate of drug-likeness (QED) is 0.740. The van der Waals surface area contributed by atoms with E-state index in [0.29, 0.717) is 18.4 Å². The predicted octanol–water partition coefficient (Wildman–Crippen LogP) is 3.88. The summed E-state index contributed by atoms with van der Waals surface area (Å²) in [4.78, 5) is 27.5. The highest BCUT2D eigenvalue weighted by Crippen LogP contribution is 2.60. The molecule has 4 aliphatic heterocycles. The van der Waals surface area contributed by atoms with Crippen molar-refractivity contribution in [3.05, 3.63) is 35.9 Å². The zero-order valence-electron chi connectivity index (χ0n) is 16.4. The zero-order valence-corrected chi connectivity index (χ0v) is 16.4. The molecule has 1 spiro atoms. The Morgan fingerprint density at radius 3 is 2.63 bits per heavy atom. The minimum absolute atomic E-state index is 0.0883. The number of benzene rings is 1. The first-order valence-corrected chi connectivity index (χ1v) is 10.3. The fraction of sp³-hybridized carbons (Fsp3) is 0.682. The molecule has 6 rings (SSSR count). The predicted molar refractivity (Wildman–Crippen MR) is 98.9 cm³/mol. The lowest BCUT2D eigenvalue weighted by molar-refractivity contribution is -0.548. The Morgan fingerprint density at radius 2 is 1.85 bits per heavy atom. The number of nitrogens with zero attached hydrogens (tertiary/aromatic N) is 1. The van der Waals surface area contributed by atoms with Crippen molar-refractivity contribution in [2.75, 3.05) is 0 Å². The molecule has 1 saturated carbocycles. The van der Waals surface area contributed by atoms with Crippen molar-refractivity contribution in [2.45, 2.75) is 70.6 Å². The van der Waals surface area contributed by atoms with Crippen LogP contribution in [0.4, 0.5) is 0 Å². The number of amides is 1. The van der Waals surface area contributed by atoms with Crippen molar-refractivity contribution in [3.63, 3.8) is 0 Å². The van der Waals surface area contributed by atoms with Crippen LogP contribution in [-0.2, 0) is 25.9 Å². The van der Waals surface area contributed by atoms with Crippen molar-refractivity contribution in [1.82, 2.24) is 4.90 Å². The van der Waals surface area contributed by atoms with E-state index in [1.807, 2.05) is 30.0 Å². The van der Waals surface area contributed by atoms with Crippen molar-refractivity contribution in [3.8, 4) is 0 Å². The lowest BCUT2D eigenvalue weighted by atomic mass is 9.57. The molecule has 0 radical (unpaired) electrons. The molecule has 7 atom stereocenters. The Hall–Kier alpha value is -1.43. The average molecular weight is 371 g/mol. The van der Waals surface area contributed by atoms with Gasteiger partial charge >= 0.3 is 0 Å². The molecule has 5 aliphatic rings. The number of ether oxygens (including phenoxy) is 1. The summed E-state index contributed by atoms with van der Waals surface area (Å²) in [5.41, 5.74) is 0.554. The van der Waals surface area contributed by atoms with Crippen LogP contribution in [0.15, 0.2) is 30.3 Å². The van der Waals surface area contributed by atoms with Gasteiger partial charge in [0, 0.05) is 24.8 Å². The molecule has 1 aromatic rings. The first-order chi connectivity index (χ1) is 12.9. The van der Waals surface area contributed by atoms with Crippen LogP contribution >= 0.6 is 0 Å². The van der Waals surface area contributed by atoms with Crippen LogP contribution in [0.3, 0.4) is 0 Å². The van der Waals surface area contributed by atoms with E-state index in [-0.39, 0.29) is 24.0 Å². The third-order valence-corrected chi connectivity index (χ3v) is 7.55. The highest BCUT2D eigenvalue weighted by atomic mass is 17.3. The SMILES string of the molecule is C[C@@H]1CCC2[C@@H](C)C(=O)N(Cc3ccccc3)[C@@H]3O[C@@]4(C)CC[C@@H]1[C@@]23OO4. The van der Waals surface area contributed by atoms with E-state index in [9.17, 15) is 4.79 Å². The number of fused-ring (bicyclic) bond motifs is 2. The number of likely N-dealkylation sites (tertiary alicyclic amines) is 1. The molecule has 0 aromatic heterocycles. The smallest absolute Gasteiger partial charge is 0.228 e. The fourth-order valence-corrected chi connectivity index (χ4v) is 6.09. The standard InChI is InChI=1S/C22H29NO4/c1-14-9-10-18-15(2)19(24)23(13-16-7-5-4-6-8-16)20-22(18)17(14)11-12-21(3,25-20)26-27-22/h4-8,14-15,17-18,20H,9-13H2,1-3H3/t14-,15-,17+,18?,20-,21-,22-/m1/s1. The van der Waals surface area contributed by atoms with Crippen LogP contribution in [0, 0.1) is 23.7 Å². The van der Waals surface area contributed by atoms with Crippen LogP contribution in [0.1, 0.15) is 52.0 Å². The van der Waals surface area contributed by atoms with E-state index in [2.05, 4.69) is 26.0 Å². The molecule has 4 saturated heterocycles. The van der Waals surface area contributed by atoms with Crippen molar-refractivity contribution < 1.29 is 19.3 Å². The molecule has 5 heteroatoms. The van der Waals surface area contributed by atoms with Crippen molar-refractivity contribution in [2.24, 2.45) is 23.7 Å². The molecule has 5 fully saturated rings. The van der Waals surface area contributed by atoms with E-state index < -0.39 is 11.4 Å². The Bertz CT molecular complexity index is 739. The molecular weight excluding hydrogens is 342 g/mol. The van der Waals surface area contributed by atoms with E-state index in [1.54, 1.807) is 0 Å². The summed E-state index contributed by atoms with van der Waals surface area (Å²) in [6.07, 6.45) is 3.56. The average Bonchev–Trinajstić information content (AvgIpc) is 2.91. The third-order valence-electron chi connectivity index (χ3n) is 7.55. The number of carbonyl (C=O) groups is 1. The highest BCUT2D eigenvalue weighted by molar-refractivity contribution is 5.80. The maximum Gasteiger partial charge on any atom is 0.228 e. The molecule has 5 nitrogen and oxygen atoms in total. The van der Waals surface area contributed by atoms with Gasteiger partial charge in [-0.05, 0) is 43.6 Å². The first kappa shape index (κ1) is 17.7. The normalized spacial score (nSPS) is 46.1. The van der Waals surface area contributed by atoms with Crippen LogP contribution in [0.5, 0.6) is 0 Å². The summed E-state index contributed by atoms with van der Waals surface area (Å²) in [6, 6.07) is 10.2. The van der Waals surface area contributed by atoms with Crippen LogP contribution in [0.25, 0.3) is 0 Å². The van der Waals surface area contributed by atoms with Gasteiger partial charge in [-0.2, -0.15) is 0 Å². The van der Waals surface area contributed by atoms with Gasteiger partial charge in [-0.1, -0.05) is 44.2 Å². The molecule has 1 unspecified atom stereocenters. The molecule has 1 amide bonds. The second-order valence-corrected chi connectivity index (χ2v) is 9.17. The van der Waals surface area contributed by atoms with E-state index in [1.165, 1.54) is 0 Å². The Balaban J connectivity index is 1.61. The van der Waals surface area contributed by atoms with Gasteiger partial charge in [-0.15, -0.1) is 0 Å². The summed E-state index contributed by atoms with van der Waals surface area (Å²) < 4.78 is 6.54. The molecule has 27 heavy (non-hydrogen) atoms. The molecule has 0 N–H and O–H groups in total.